The second-order valence-electron chi connectivity index (χ2n) is 5.28. The van der Waals surface area contributed by atoms with E-state index in [0.29, 0.717) is 6.61 Å². The van der Waals surface area contributed by atoms with Crippen LogP contribution in [0.1, 0.15) is 25.7 Å². The molecule has 0 bridgehead atoms. The third-order valence-electron chi connectivity index (χ3n) is 3.63. The van der Waals surface area contributed by atoms with Crippen molar-refractivity contribution in [3.63, 3.8) is 0 Å². The highest BCUT2D eigenvalue weighted by Crippen LogP contribution is 2.10. The van der Waals surface area contributed by atoms with Gasteiger partial charge in [-0.05, 0) is 37.9 Å². The Labute approximate surface area is 121 Å². The summed E-state index contributed by atoms with van der Waals surface area (Å²) in [6.45, 7) is 2.34. The zero-order valence-corrected chi connectivity index (χ0v) is 12.2. The molecular formula is C16H24N2O2. The number of para-hydroxylation sites is 1. The first-order chi connectivity index (χ1) is 9.77. The van der Waals surface area contributed by atoms with E-state index >= 15 is 0 Å². The van der Waals surface area contributed by atoms with E-state index in [0.717, 1.165) is 38.1 Å². The molecule has 0 spiro atoms. The average molecular weight is 276 g/mol. The maximum absolute atomic E-state index is 12.2. The van der Waals surface area contributed by atoms with E-state index in [-0.39, 0.29) is 11.9 Å². The number of hydrogen-bond acceptors (Lipinski definition) is 3. The molecule has 1 unspecified atom stereocenters. The second kappa shape index (κ2) is 7.90. The van der Waals surface area contributed by atoms with Crippen LogP contribution < -0.4 is 10.1 Å². The number of nitrogens with one attached hydrogen (secondary N) is 1. The van der Waals surface area contributed by atoms with E-state index in [9.17, 15) is 4.79 Å². The number of carbonyl (C=O) groups excluding carboxylic acids is 1. The zero-order valence-electron chi connectivity index (χ0n) is 12.2. The Morgan fingerprint density at radius 2 is 2.15 bits per heavy atom. The van der Waals surface area contributed by atoms with Crippen LogP contribution in [0.15, 0.2) is 30.3 Å². The van der Waals surface area contributed by atoms with E-state index in [4.69, 9.17) is 4.74 Å². The van der Waals surface area contributed by atoms with Gasteiger partial charge >= 0.3 is 0 Å². The van der Waals surface area contributed by atoms with Crippen LogP contribution >= 0.6 is 0 Å². The highest BCUT2D eigenvalue weighted by Gasteiger charge is 2.23. The van der Waals surface area contributed by atoms with Gasteiger partial charge in [0.2, 0.25) is 5.91 Å². The zero-order chi connectivity index (χ0) is 14.2. The second-order valence-corrected chi connectivity index (χ2v) is 5.28. The van der Waals surface area contributed by atoms with E-state index in [1.54, 1.807) is 0 Å². The van der Waals surface area contributed by atoms with Gasteiger partial charge in [0.25, 0.3) is 0 Å². The van der Waals surface area contributed by atoms with Crippen molar-refractivity contribution in [3.8, 4) is 5.75 Å². The molecule has 20 heavy (non-hydrogen) atoms. The van der Waals surface area contributed by atoms with Crippen molar-refractivity contribution in [1.82, 2.24) is 10.2 Å². The first kappa shape index (κ1) is 14.9. The van der Waals surface area contributed by atoms with Crippen LogP contribution in [-0.4, -0.2) is 43.6 Å². The van der Waals surface area contributed by atoms with Crippen LogP contribution in [0.4, 0.5) is 0 Å². The van der Waals surface area contributed by atoms with Gasteiger partial charge in [-0.2, -0.15) is 0 Å². The third-order valence-corrected chi connectivity index (χ3v) is 3.63. The molecule has 2 rings (SSSR count). The van der Waals surface area contributed by atoms with Crippen LogP contribution in [0.3, 0.4) is 0 Å². The minimum absolute atomic E-state index is 0.0174. The molecule has 1 saturated heterocycles. The molecule has 1 heterocycles. The number of likely N-dealkylation sites (N-methyl/N-ethyl adjacent to an activating group) is 1. The van der Waals surface area contributed by atoms with Crippen molar-refractivity contribution >= 4 is 5.91 Å². The lowest BCUT2D eigenvalue weighted by molar-refractivity contribution is -0.132. The van der Waals surface area contributed by atoms with Gasteiger partial charge in [-0.15, -0.1) is 0 Å². The summed E-state index contributed by atoms with van der Waals surface area (Å²) in [5, 5.41) is 3.29. The number of amides is 1. The number of nitrogens with zero attached hydrogens (tertiary/aromatic N) is 1. The van der Waals surface area contributed by atoms with E-state index in [1.165, 1.54) is 6.42 Å². The van der Waals surface area contributed by atoms with Gasteiger partial charge in [-0.25, -0.2) is 0 Å². The molecular weight excluding hydrogens is 252 g/mol. The molecule has 1 N–H and O–H groups in total. The van der Waals surface area contributed by atoms with Crippen LogP contribution in [0, 0.1) is 0 Å². The summed E-state index contributed by atoms with van der Waals surface area (Å²) in [5.74, 6) is 1.10. The average Bonchev–Trinajstić information content (AvgIpc) is 2.52. The molecule has 0 aromatic heterocycles. The van der Waals surface area contributed by atoms with E-state index < -0.39 is 0 Å². The van der Waals surface area contributed by atoms with Crippen molar-refractivity contribution < 1.29 is 9.53 Å². The molecule has 1 aliphatic rings. The van der Waals surface area contributed by atoms with Crippen molar-refractivity contribution in [3.05, 3.63) is 30.3 Å². The van der Waals surface area contributed by atoms with Crippen molar-refractivity contribution in [2.45, 2.75) is 31.7 Å². The summed E-state index contributed by atoms with van der Waals surface area (Å²) in [6, 6.07) is 9.79. The molecule has 0 radical (unpaired) electrons. The molecule has 1 fully saturated rings. The van der Waals surface area contributed by atoms with Crippen LogP contribution in [0.25, 0.3) is 0 Å². The summed E-state index contributed by atoms with van der Waals surface area (Å²) in [6.07, 6.45) is 4.14. The molecule has 4 nitrogen and oxygen atoms in total. The van der Waals surface area contributed by atoms with Crippen LogP contribution in [0.5, 0.6) is 5.75 Å². The van der Waals surface area contributed by atoms with Crippen LogP contribution in [-0.2, 0) is 4.79 Å². The molecule has 0 saturated carbocycles. The SMILES string of the molecule is CN(CCCOc1ccccc1)C(=O)C1CCCCN1. The Hall–Kier alpha value is -1.55. The highest BCUT2D eigenvalue weighted by atomic mass is 16.5. The quantitative estimate of drug-likeness (QED) is 0.809. The van der Waals surface area contributed by atoms with E-state index in [1.807, 2.05) is 42.3 Å². The summed E-state index contributed by atoms with van der Waals surface area (Å²) in [7, 11) is 1.88. The predicted molar refractivity (Wildman–Crippen MR) is 79.8 cm³/mol. The number of benzene rings is 1. The molecule has 110 valence electrons. The predicted octanol–water partition coefficient (Wildman–Crippen LogP) is 2.06. The van der Waals surface area contributed by atoms with Crippen molar-refractivity contribution in [2.24, 2.45) is 0 Å². The van der Waals surface area contributed by atoms with Gasteiger partial charge in [0.1, 0.15) is 5.75 Å². The first-order valence-corrected chi connectivity index (χ1v) is 7.43. The Kier molecular flexibility index (Phi) is 5.87. The Balaban J connectivity index is 1.64. The summed E-state index contributed by atoms with van der Waals surface area (Å²) < 4.78 is 5.63. The smallest absolute Gasteiger partial charge is 0.239 e. The summed E-state index contributed by atoms with van der Waals surface area (Å²) in [4.78, 5) is 14.0. The fraction of sp³-hybridized carbons (Fsp3) is 0.562. The normalized spacial score (nSPS) is 18.6. The fourth-order valence-electron chi connectivity index (χ4n) is 2.45. The van der Waals surface area contributed by atoms with Crippen molar-refractivity contribution in [2.75, 3.05) is 26.7 Å². The minimum Gasteiger partial charge on any atom is -0.494 e. The minimum atomic E-state index is 0.0174. The Morgan fingerprint density at radius 1 is 1.35 bits per heavy atom. The number of piperidine rings is 1. The molecule has 4 heteroatoms. The number of hydrogen-bond donors (Lipinski definition) is 1. The first-order valence-electron chi connectivity index (χ1n) is 7.43. The Bertz CT molecular complexity index is 402. The number of rotatable bonds is 6. The monoisotopic (exact) mass is 276 g/mol. The van der Waals surface area contributed by atoms with Crippen molar-refractivity contribution in [1.29, 1.82) is 0 Å². The molecule has 0 aliphatic carbocycles. The van der Waals surface area contributed by atoms with Gasteiger partial charge in [0.15, 0.2) is 0 Å². The maximum atomic E-state index is 12.2. The maximum Gasteiger partial charge on any atom is 0.239 e. The van der Waals surface area contributed by atoms with Gasteiger partial charge in [0.05, 0.1) is 12.6 Å². The molecule has 1 aromatic carbocycles. The molecule has 1 aliphatic heterocycles. The topological polar surface area (TPSA) is 41.6 Å². The lowest BCUT2D eigenvalue weighted by Gasteiger charge is -2.27. The lowest BCUT2D eigenvalue weighted by Crippen LogP contribution is -2.47. The van der Waals surface area contributed by atoms with Gasteiger partial charge in [-0.3, -0.25) is 4.79 Å². The highest BCUT2D eigenvalue weighted by molar-refractivity contribution is 5.81. The van der Waals surface area contributed by atoms with Gasteiger partial charge < -0.3 is 15.0 Å². The fourth-order valence-corrected chi connectivity index (χ4v) is 2.45. The molecule has 1 amide bonds. The number of ether oxygens (including phenoxy) is 1. The lowest BCUT2D eigenvalue weighted by atomic mass is 10.0. The van der Waals surface area contributed by atoms with E-state index in [2.05, 4.69) is 5.32 Å². The third kappa shape index (κ3) is 4.53. The Morgan fingerprint density at radius 3 is 2.85 bits per heavy atom. The standard InChI is InChI=1S/C16H24N2O2/c1-18(16(19)15-10-5-6-11-17-15)12-7-13-20-14-8-3-2-4-9-14/h2-4,8-9,15,17H,5-7,10-13H2,1H3. The largest absolute Gasteiger partial charge is 0.494 e. The van der Waals surface area contributed by atoms with Gasteiger partial charge in [-0.1, -0.05) is 24.6 Å². The molecule has 1 aromatic rings. The summed E-state index contributed by atoms with van der Waals surface area (Å²) >= 11 is 0. The van der Waals surface area contributed by atoms with Gasteiger partial charge in [0, 0.05) is 13.6 Å². The molecule has 1 atom stereocenters. The van der Waals surface area contributed by atoms with Crippen LogP contribution in [0.2, 0.25) is 0 Å². The number of carbonyl (C=O) groups is 1. The summed E-state index contributed by atoms with van der Waals surface area (Å²) in [5.41, 5.74) is 0.